The van der Waals surface area contributed by atoms with Crippen LogP contribution < -0.4 is 25.0 Å². The van der Waals surface area contributed by atoms with Gasteiger partial charge in [0.2, 0.25) is 0 Å². The Bertz CT molecular complexity index is 1470. The van der Waals surface area contributed by atoms with Gasteiger partial charge in [-0.05, 0) is 102 Å². The van der Waals surface area contributed by atoms with Gasteiger partial charge in [0.1, 0.15) is 5.57 Å². The van der Waals surface area contributed by atoms with Gasteiger partial charge in [-0.3, -0.25) is 24.6 Å². The summed E-state index contributed by atoms with van der Waals surface area (Å²) in [5, 5.41) is 5.44. The van der Waals surface area contributed by atoms with E-state index in [1.165, 1.54) is 18.1 Å². The molecule has 194 valence electrons. The Labute approximate surface area is 239 Å². The van der Waals surface area contributed by atoms with Crippen molar-refractivity contribution in [2.24, 2.45) is 0 Å². The fraction of sp³-hybridized carbons (Fsp3) is 0.143. The lowest BCUT2D eigenvalue weighted by atomic mass is 10.1. The highest BCUT2D eigenvalue weighted by Crippen LogP contribution is 2.35. The molecule has 3 amide bonds. The summed E-state index contributed by atoms with van der Waals surface area (Å²) >= 11 is 7.29. The van der Waals surface area contributed by atoms with Crippen molar-refractivity contribution in [2.75, 3.05) is 23.9 Å². The Morgan fingerprint density at radius 1 is 1.11 bits per heavy atom. The van der Waals surface area contributed by atoms with Gasteiger partial charge in [0.25, 0.3) is 17.7 Å². The number of nitrogens with zero attached hydrogens (tertiary/aromatic N) is 1. The van der Waals surface area contributed by atoms with Gasteiger partial charge < -0.3 is 14.8 Å². The Morgan fingerprint density at radius 3 is 2.55 bits per heavy atom. The molecular weight excluding hydrogens is 617 g/mol. The highest BCUT2D eigenvalue weighted by atomic mass is 127. The quantitative estimate of drug-likeness (QED) is 0.167. The van der Waals surface area contributed by atoms with Gasteiger partial charge in [0.05, 0.1) is 16.4 Å². The number of para-hydroxylation sites is 1. The highest BCUT2D eigenvalue weighted by Gasteiger charge is 2.34. The summed E-state index contributed by atoms with van der Waals surface area (Å²) in [6.07, 6.45) is 1.47. The summed E-state index contributed by atoms with van der Waals surface area (Å²) < 4.78 is 11.9. The van der Waals surface area contributed by atoms with E-state index in [2.05, 4.69) is 33.2 Å². The second kappa shape index (κ2) is 11.7. The molecule has 0 radical (unpaired) electrons. The van der Waals surface area contributed by atoms with E-state index >= 15 is 0 Å². The zero-order chi connectivity index (χ0) is 27.4. The number of anilines is 2. The average Bonchev–Trinajstić information content (AvgIpc) is 2.88. The van der Waals surface area contributed by atoms with E-state index < -0.39 is 11.8 Å². The maximum Gasteiger partial charge on any atom is 0.270 e. The summed E-state index contributed by atoms with van der Waals surface area (Å²) in [5.41, 5.74) is 3.71. The third kappa shape index (κ3) is 6.03. The number of benzene rings is 3. The van der Waals surface area contributed by atoms with Gasteiger partial charge in [-0.15, -0.1) is 0 Å². The van der Waals surface area contributed by atoms with Gasteiger partial charge >= 0.3 is 0 Å². The molecular formula is C28H24IN3O5S. The van der Waals surface area contributed by atoms with E-state index in [4.69, 9.17) is 21.7 Å². The molecule has 1 saturated heterocycles. The Morgan fingerprint density at radius 2 is 1.84 bits per heavy atom. The standard InChI is InChI=1S/C28H24IN3O5S/c1-16-9-10-17(2)22(11-16)30-24(33)15-37-25-21(29)13-18(14-23(25)36-3)12-20-26(34)31-28(38)32(27(20)35)19-7-5-4-6-8-19/h4-14H,15H2,1-3H3,(H,30,33)(H,31,34,38)/b20-12-. The van der Waals surface area contributed by atoms with Crippen molar-refractivity contribution in [3.05, 3.63) is 86.5 Å². The minimum Gasteiger partial charge on any atom is -0.493 e. The average molecular weight is 641 g/mol. The summed E-state index contributed by atoms with van der Waals surface area (Å²) in [5.74, 6) is -0.726. The number of nitrogens with one attached hydrogen (secondary N) is 2. The number of aryl methyl sites for hydroxylation is 2. The van der Waals surface area contributed by atoms with Crippen LogP contribution in [-0.4, -0.2) is 36.6 Å². The number of carbonyl (C=O) groups excluding carboxylic acids is 3. The van der Waals surface area contributed by atoms with Crippen LogP contribution in [0.2, 0.25) is 0 Å². The van der Waals surface area contributed by atoms with Crippen molar-refractivity contribution in [1.82, 2.24) is 5.32 Å². The van der Waals surface area contributed by atoms with Crippen LogP contribution in [-0.2, 0) is 14.4 Å². The van der Waals surface area contributed by atoms with Crippen molar-refractivity contribution in [3.63, 3.8) is 0 Å². The van der Waals surface area contributed by atoms with Crippen LogP contribution in [0.15, 0.2) is 66.2 Å². The number of rotatable bonds is 7. The van der Waals surface area contributed by atoms with E-state index in [0.717, 1.165) is 16.8 Å². The molecule has 10 heteroatoms. The fourth-order valence-electron chi connectivity index (χ4n) is 3.79. The molecule has 0 aromatic heterocycles. The third-order valence-electron chi connectivity index (χ3n) is 5.69. The topological polar surface area (TPSA) is 97.0 Å². The first-order valence-electron chi connectivity index (χ1n) is 11.5. The summed E-state index contributed by atoms with van der Waals surface area (Å²) in [6.45, 7) is 3.64. The summed E-state index contributed by atoms with van der Waals surface area (Å²) in [6, 6.07) is 18.0. The lowest BCUT2D eigenvalue weighted by Gasteiger charge is -2.28. The van der Waals surface area contributed by atoms with E-state index in [0.29, 0.717) is 26.3 Å². The lowest BCUT2D eigenvalue weighted by molar-refractivity contribution is -0.122. The number of hydrogen-bond acceptors (Lipinski definition) is 6. The Hall–Kier alpha value is -3.77. The zero-order valence-corrected chi connectivity index (χ0v) is 23.8. The van der Waals surface area contributed by atoms with Crippen molar-refractivity contribution >= 4 is 75.1 Å². The summed E-state index contributed by atoms with van der Waals surface area (Å²) in [4.78, 5) is 39.7. The van der Waals surface area contributed by atoms with Crippen molar-refractivity contribution < 1.29 is 23.9 Å². The van der Waals surface area contributed by atoms with Gasteiger partial charge in [0.15, 0.2) is 23.2 Å². The minimum absolute atomic E-state index is 0.0124. The van der Waals surface area contributed by atoms with Crippen LogP contribution in [0.3, 0.4) is 0 Å². The van der Waals surface area contributed by atoms with Gasteiger partial charge in [-0.1, -0.05) is 30.3 Å². The predicted octanol–water partition coefficient (Wildman–Crippen LogP) is 4.77. The van der Waals surface area contributed by atoms with E-state index in [-0.39, 0.29) is 23.2 Å². The molecule has 3 aromatic carbocycles. The molecule has 2 N–H and O–H groups in total. The van der Waals surface area contributed by atoms with E-state index in [1.54, 1.807) is 36.4 Å². The van der Waals surface area contributed by atoms with Crippen LogP contribution in [0.25, 0.3) is 6.08 Å². The van der Waals surface area contributed by atoms with Crippen LogP contribution in [0.4, 0.5) is 11.4 Å². The first-order chi connectivity index (χ1) is 18.2. The number of halogens is 1. The second-order valence-corrected chi connectivity index (χ2v) is 10.0. The molecule has 8 nitrogen and oxygen atoms in total. The first-order valence-corrected chi connectivity index (χ1v) is 13.0. The maximum absolute atomic E-state index is 13.2. The molecule has 0 saturated carbocycles. The molecule has 0 bridgehead atoms. The number of methoxy groups -OCH3 is 1. The monoisotopic (exact) mass is 641 g/mol. The van der Waals surface area contributed by atoms with Crippen LogP contribution >= 0.6 is 34.8 Å². The Balaban J connectivity index is 1.55. The van der Waals surface area contributed by atoms with Gasteiger partial charge in [0, 0.05) is 5.69 Å². The number of ether oxygens (including phenoxy) is 2. The smallest absolute Gasteiger partial charge is 0.270 e. The predicted molar refractivity (Wildman–Crippen MR) is 158 cm³/mol. The SMILES string of the molecule is COc1cc(/C=C2/C(=O)NC(=S)N(c3ccccc3)C2=O)cc(I)c1OCC(=O)Nc1cc(C)ccc1C. The molecule has 4 rings (SSSR count). The number of thiocarbonyl (C=S) groups is 1. The van der Waals surface area contributed by atoms with Gasteiger partial charge in [-0.25, -0.2) is 0 Å². The number of carbonyl (C=O) groups is 3. The van der Waals surface area contributed by atoms with Crippen LogP contribution in [0.1, 0.15) is 16.7 Å². The minimum atomic E-state index is -0.593. The molecule has 1 heterocycles. The normalized spacial score (nSPS) is 14.4. The molecule has 38 heavy (non-hydrogen) atoms. The Kier molecular flexibility index (Phi) is 8.42. The lowest BCUT2D eigenvalue weighted by Crippen LogP contribution is -2.54. The van der Waals surface area contributed by atoms with Crippen LogP contribution in [0.5, 0.6) is 11.5 Å². The van der Waals surface area contributed by atoms with E-state index in [9.17, 15) is 14.4 Å². The van der Waals surface area contributed by atoms with Crippen molar-refractivity contribution in [3.8, 4) is 11.5 Å². The first kappa shape index (κ1) is 27.3. The van der Waals surface area contributed by atoms with Crippen molar-refractivity contribution in [2.45, 2.75) is 13.8 Å². The second-order valence-electron chi connectivity index (χ2n) is 8.48. The molecule has 1 aliphatic rings. The largest absolute Gasteiger partial charge is 0.493 e. The van der Waals surface area contributed by atoms with Gasteiger partial charge in [-0.2, -0.15) is 0 Å². The molecule has 0 spiro atoms. The summed E-state index contributed by atoms with van der Waals surface area (Å²) in [7, 11) is 1.47. The molecule has 3 aromatic rings. The molecule has 0 unspecified atom stereocenters. The number of hydrogen-bond donors (Lipinski definition) is 2. The zero-order valence-electron chi connectivity index (χ0n) is 20.8. The molecule has 0 atom stereocenters. The van der Waals surface area contributed by atoms with Crippen LogP contribution in [0, 0.1) is 17.4 Å². The maximum atomic E-state index is 13.2. The fourth-order valence-corrected chi connectivity index (χ4v) is 4.86. The van der Waals surface area contributed by atoms with E-state index in [1.807, 2.05) is 38.1 Å². The molecule has 0 aliphatic carbocycles. The molecule has 1 fully saturated rings. The highest BCUT2D eigenvalue weighted by molar-refractivity contribution is 14.1. The third-order valence-corrected chi connectivity index (χ3v) is 6.78. The number of amides is 3. The molecule has 1 aliphatic heterocycles. The van der Waals surface area contributed by atoms with Crippen molar-refractivity contribution in [1.29, 1.82) is 0 Å².